The Kier molecular flexibility index (Phi) is 4.35. The summed E-state index contributed by atoms with van der Waals surface area (Å²) in [7, 11) is -0.698. The molecule has 3 atom stereocenters. The Bertz CT molecular complexity index is 405. The van der Waals surface area contributed by atoms with E-state index in [0.717, 1.165) is 13.0 Å². The van der Waals surface area contributed by atoms with Crippen molar-refractivity contribution in [3.63, 3.8) is 0 Å². The van der Waals surface area contributed by atoms with Gasteiger partial charge in [0.2, 0.25) is 0 Å². The van der Waals surface area contributed by atoms with Crippen molar-refractivity contribution in [3.05, 3.63) is 35.4 Å². The fraction of sp³-hybridized carbons (Fsp3) is 0.571. The van der Waals surface area contributed by atoms with Gasteiger partial charge in [-0.25, -0.2) is 0 Å². The quantitative estimate of drug-likeness (QED) is 0.871. The summed E-state index contributed by atoms with van der Waals surface area (Å²) in [6.07, 6.45) is 5.16. The normalized spacial score (nSPS) is 22.1. The van der Waals surface area contributed by atoms with Crippen molar-refractivity contribution in [2.24, 2.45) is 0 Å². The van der Waals surface area contributed by atoms with Crippen LogP contribution in [0, 0.1) is 0 Å². The summed E-state index contributed by atoms with van der Waals surface area (Å²) in [6, 6.07) is 9.18. The molecule has 0 saturated heterocycles. The molecule has 0 aliphatic heterocycles. The maximum absolute atomic E-state index is 11.3. The second-order valence-electron chi connectivity index (χ2n) is 4.84. The lowest BCUT2D eigenvalue weighted by Crippen LogP contribution is -2.24. The van der Waals surface area contributed by atoms with Crippen LogP contribution in [0.2, 0.25) is 0 Å². The summed E-state index contributed by atoms with van der Waals surface area (Å²) in [5.74, 6) is 0. The summed E-state index contributed by atoms with van der Waals surface area (Å²) < 4.78 is 11.3. The predicted molar refractivity (Wildman–Crippen MR) is 73.7 cm³/mol. The summed E-state index contributed by atoms with van der Waals surface area (Å²) in [5, 5.41) is 3.88. The first-order valence-corrected chi connectivity index (χ1v) is 7.94. The smallest absolute Gasteiger partial charge is 0.0329 e. The predicted octanol–water partition coefficient (Wildman–Crippen LogP) is 2.42. The van der Waals surface area contributed by atoms with Crippen LogP contribution in [-0.2, 0) is 17.2 Å². The minimum absolute atomic E-state index is 0.291. The molecule has 1 aromatic carbocycles. The molecule has 1 aliphatic rings. The topological polar surface area (TPSA) is 29.1 Å². The van der Waals surface area contributed by atoms with E-state index in [1.165, 1.54) is 24.0 Å². The van der Waals surface area contributed by atoms with Crippen molar-refractivity contribution < 1.29 is 4.21 Å². The van der Waals surface area contributed by atoms with Gasteiger partial charge < -0.3 is 5.32 Å². The molecule has 1 aliphatic carbocycles. The first-order chi connectivity index (χ1) is 8.18. The van der Waals surface area contributed by atoms with Crippen LogP contribution in [-0.4, -0.2) is 22.3 Å². The molecule has 0 radical (unpaired) electrons. The molecule has 2 nitrogen and oxygen atoms in total. The van der Waals surface area contributed by atoms with Crippen molar-refractivity contribution in [3.8, 4) is 0 Å². The Morgan fingerprint density at radius 1 is 1.47 bits per heavy atom. The van der Waals surface area contributed by atoms with Crippen molar-refractivity contribution in [1.29, 1.82) is 0 Å². The highest BCUT2D eigenvalue weighted by molar-refractivity contribution is 7.84. The number of aryl methyl sites for hydroxylation is 1. The standard InChI is InChI=1S/C14H21NOS/c1-11(17(2)16)9-10-15-14-8-7-12-5-3-4-6-13(12)14/h3-6,11,14-15H,7-10H2,1-2H3. The van der Waals surface area contributed by atoms with Gasteiger partial charge in [-0.2, -0.15) is 0 Å². The maximum Gasteiger partial charge on any atom is 0.0329 e. The average Bonchev–Trinajstić information content (AvgIpc) is 2.72. The van der Waals surface area contributed by atoms with E-state index < -0.39 is 10.8 Å². The Labute approximate surface area is 106 Å². The molecule has 0 saturated carbocycles. The lowest BCUT2D eigenvalue weighted by atomic mass is 10.1. The number of benzene rings is 1. The SMILES string of the molecule is CC(CCNC1CCc2ccccc21)S(C)=O. The van der Waals surface area contributed by atoms with Gasteiger partial charge in [0.1, 0.15) is 0 Å². The van der Waals surface area contributed by atoms with Gasteiger partial charge >= 0.3 is 0 Å². The molecule has 1 N–H and O–H groups in total. The Morgan fingerprint density at radius 3 is 3.00 bits per heavy atom. The van der Waals surface area contributed by atoms with E-state index in [9.17, 15) is 4.21 Å². The van der Waals surface area contributed by atoms with Crippen LogP contribution in [0.1, 0.15) is 36.9 Å². The van der Waals surface area contributed by atoms with Gasteiger partial charge in [-0.05, 0) is 36.9 Å². The van der Waals surface area contributed by atoms with E-state index in [1.54, 1.807) is 6.26 Å². The van der Waals surface area contributed by atoms with Gasteiger partial charge in [-0.3, -0.25) is 4.21 Å². The summed E-state index contributed by atoms with van der Waals surface area (Å²) >= 11 is 0. The van der Waals surface area contributed by atoms with E-state index in [4.69, 9.17) is 0 Å². The van der Waals surface area contributed by atoms with Gasteiger partial charge in [0.25, 0.3) is 0 Å². The van der Waals surface area contributed by atoms with Crippen LogP contribution >= 0.6 is 0 Å². The Morgan fingerprint density at radius 2 is 2.24 bits per heavy atom. The zero-order valence-electron chi connectivity index (χ0n) is 10.6. The molecule has 3 heteroatoms. The third-order valence-corrected chi connectivity index (χ3v) is 5.01. The van der Waals surface area contributed by atoms with E-state index in [0.29, 0.717) is 11.3 Å². The minimum atomic E-state index is -0.698. The second kappa shape index (κ2) is 5.78. The van der Waals surface area contributed by atoms with Crippen LogP contribution in [0.3, 0.4) is 0 Å². The molecule has 94 valence electrons. The van der Waals surface area contributed by atoms with Crippen molar-refractivity contribution in [1.82, 2.24) is 5.32 Å². The Hall–Kier alpha value is -0.670. The van der Waals surface area contributed by atoms with Crippen LogP contribution < -0.4 is 5.32 Å². The fourth-order valence-corrected chi connectivity index (χ4v) is 2.85. The van der Waals surface area contributed by atoms with Gasteiger partial charge in [-0.1, -0.05) is 31.2 Å². The molecule has 0 spiro atoms. The van der Waals surface area contributed by atoms with Gasteiger partial charge in [0.05, 0.1) is 0 Å². The summed E-state index contributed by atoms with van der Waals surface area (Å²) in [6.45, 7) is 3.01. The molecular formula is C14H21NOS. The molecular weight excluding hydrogens is 230 g/mol. The first-order valence-electron chi connectivity index (χ1n) is 6.32. The monoisotopic (exact) mass is 251 g/mol. The van der Waals surface area contributed by atoms with E-state index in [-0.39, 0.29) is 0 Å². The van der Waals surface area contributed by atoms with Crippen LogP contribution in [0.4, 0.5) is 0 Å². The third-order valence-electron chi connectivity index (χ3n) is 3.64. The number of hydrogen-bond donors (Lipinski definition) is 1. The highest BCUT2D eigenvalue weighted by atomic mass is 32.2. The zero-order chi connectivity index (χ0) is 12.3. The van der Waals surface area contributed by atoms with Gasteiger partial charge in [-0.15, -0.1) is 0 Å². The number of nitrogens with one attached hydrogen (secondary N) is 1. The fourth-order valence-electron chi connectivity index (χ4n) is 2.40. The molecule has 3 unspecified atom stereocenters. The van der Waals surface area contributed by atoms with Crippen LogP contribution in [0.5, 0.6) is 0 Å². The van der Waals surface area contributed by atoms with Gasteiger partial charge in [0.15, 0.2) is 0 Å². The van der Waals surface area contributed by atoms with Crippen molar-refractivity contribution in [2.75, 3.05) is 12.8 Å². The van der Waals surface area contributed by atoms with E-state index >= 15 is 0 Å². The van der Waals surface area contributed by atoms with Crippen molar-refractivity contribution >= 4 is 10.8 Å². The summed E-state index contributed by atoms with van der Waals surface area (Å²) in [4.78, 5) is 0. The molecule has 1 aromatic rings. The third kappa shape index (κ3) is 3.17. The minimum Gasteiger partial charge on any atom is -0.310 e. The second-order valence-corrected chi connectivity index (χ2v) is 6.64. The van der Waals surface area contributed by atoms with Crippen LogP contribution in [0.15, 0.2) is 24.3 Å². The molecule has 17 heavy (non-hydrogen) atoms. The van der Waals surface area contributed by atoms with E-state index in [1.807, 2.05) is 0 Å². The lowest BCUT2D eigenvalue weighted by molar-refractivity contribution is 0.518. The maximum atomic E-state index is 11.3. The highest BCUT2D eigenvalue weighted by Crippen LogP contribution is 2.30. The summed E-state index contributed by atoms with van der Waals surface area (Å²) in [5.41, 5.74) is 2.94. The molecule has 2 rings (SSSR count). The first kappa shape index (κ1) is 12.8. The molecule has 0 bridgehead atoms. The molecule has 0 amide bonds. The lowest BCUT2D eigenvalue weighted by Gasteiger charge is -2.15. The van der Waals surface area contributed by atoms with Crippen molar-refractivity contribution in [2.45, 2.75) is 37.5 Å². The number of rotatable bonds is 5. The number of hydrogen-bond acceptors (Lipinski definition) is 2. The highest BCUT2D eigenvalue weighted by Gasteiger charge is 2.21. The van der Waals surface area contributed by atoms with Gasteiger partial charge in [0, 0.05) is 28.3 Å². The Balaban J connectivity index is 1.84. The molecule has 0 aromatic heterocycles. The molecule has 0 fully saturated rings. The number of fused-ring (bicyclic) bond motifs is 1. The molecule has 0 heterocycles. The zero-order valence-corrected chi connectivity index (χ0v) is 11.4. The average molecular weight is 251 g/mol. The van der Waals surface area contributed by atoms with Crippen LogP contribution in [0.25, 0.3) is 0 Å². The largest absolute Gasteiger partial charge is 0.310 e. The van der Waals surface area contributed by atoms with E-state index in [2.05, 4.69) is 36.5 Å².